The van der Waals surface area contributed by atoms with Crippen LogP contribution in [0.15, 0.2) is 18.2 Å². The van der Waals surface area contributed by atoms with Crippen LogP contribution in [0.3, 0.4) is 0 Å². The average molecular weight is 374 g/mol. The summed E-state index contributed by atoms with van der Waals surface area (Å²) in [4.78, 5) is 32.4. The average Bonchev–Trinajstić information content (AvgIpc) is 2.96. The van der Waals surface area contributed by atoms with Gasteiger partial charge in [-0.1, -0.05) is 13.8 Å². The Labute approximate surface area is 161 Å². The quantitative estimate of drug-likeness (QED) is 0.811. The molecule has 0 aliphatic heterocycles. The summed E-state index contributed by atoms with van der Waals surface area (Å²) in [6.45, 7) is 8.14. The number of rotatable bonds is 7. The second kappa shape index (κ2) is 8.88. The molecule has 0 fully saturated rings. The Hall–Kier alpha value is -2.57. The summed E-state index contributed by atoms with van der Waals surface area (Å²) in [5, 5.41) is 2.94. The van der Waals surface area contributed by atoms with Gasteiger partial charge < -0.3 is 19.7 Å². The van der Waals surface area contributed by atoms with Crippen molar-refractivity contribution in [2.24, 2.45) is 5.92 Å². The van der Waals surface area contributed by atoms with Crippen LogP contribution in [0.25, 0.3) is 11.0 Å². The molecule has 148 valence electrons. The molecule has 7 heteroatoms. The van der Waals surface area contributed by atoms with E-state index in [4.69, 9.17) is 0 Å². The topological polar surface area (TPSA) is 70.5 Å². The molecule has 0 atom stereocenters. The maximum atomic E-state index is 12.3. The summed E-state index contributed by atoms with van der Waals surface area (Å²) in [6, 6.07) is 5.46. The van der Waals surface area contributed by atoms with Crippen molar-refractivity contribution in [3.8, 4) is 0 Å². The minimum Gasteiger partial charge on any atom is -0.345 e. The highest BCUT2D eigenvalue weighted by molar-refractivity contribution is 5.97. The second-order valence-corrected chi connectivity index (χ2v) is 7.45. The fraction of sp³-hybridized carbons (Fsp3) is 0.550. The molecule has 1 N–H and O–H groups in total. The first kappa shape index (κ1) is 20.7. The second-order valence-electron chi connectivity index (χ2n) is 7.45. The highest BCUT2D eigenvalue weighted by Crippen LogP contribution is 2.20. The van der Waals surface area contributed by atoms with Gasteiger partial charge in [-0.15, -0.1) is 0 Å². The molecule has 7 nitrogen and oxygen atoms in total. The van der Waals surface area contributed by atoms with Gasteiger partial charge in [0.2, 0.25) is 0 Å². The number of hydrogen-bond acceptors (Lipinski definition) is 3. The first-order valence-electron chi connectivity index (χ1n) is 9.44. The highest BCUT2D eigenvalue weighted by atomic mass is 16.2. The number of hydrogen-bond donors (Lipinski definition) is 1. The van der Waals surface area contributed by atoms with Gasteiger partial charge >= 0.3 is 6.03 Å². The molecule has 0 aliphatic rings. The molecule has 0 saturated carbocycles. The third-order valence-electron chi connectivity index (χ3n) is 4.52. The molecular formula is C20H31N5O2. The van der Waals surface area contributed by atoms with Crippen LogP contribution in [0.5, 0.6) is 0 Å². The van der Waals surface area contributed by atoms with Gasteiger partial charge in [-0.05, 0) is 37.5 Å². The van der Waals surface area contributed by atoms with Crippen LogP contribution < -0.4 is 5.32 Å². The molecule has 0 radical (unpaired) electrons. The molecule has 2 aromatic rings. The number of carbonyl (C=O) groups is 2. The lowest BCUT2D eigenvalue weighted by molar-refractivity contribution is 0.0827. The number of fused-ring (bicyclic) bond motifs is 1. The van der Waals surface area contributed by atoms with E-state index in [0.717, 1.165) is 29.8 Å². The van der Waals surface area contributed by atoms with Crippen LogP contribution in [0.1, 0.15) is 43.4 Å². The van der Waals surface area contributed by atoms with Crippen molar-refractivity contribution in [3.63, 3.8) is 0 Å². The summed E-state index contributed by atoms with van der Waals surface area (Å²) in [6.07, 6.45) is 0.954. The molecule has 27 heavy (non-hydrogen) atoms. The summed E-state index contributed by atoms with van der Waals surface area (Å²) < 4.78 is 2.08. The van der Waals surface area contributed by atoms with Gasteiger partial charge in [0.25, 0.3) is 5.91 Å². The van der Waals surface area contributed by atoms with E-state index in [0.29, 0.717) is 24.6 Å². The number of benzene rings is 1. The number of urea groups is 1. The monoisotopic (exact) mass is 373 g/mol. The first-order valence-corrected chi connectivity index (χ1v) is 9.44. The van der Waals surface area contributed by atoms with Crippen molar-refractivity contribution < 1.29 is 9.59 Å². The highest BCUT2D eigenvalue weighted by Gasteiger charge is 2.17. The van der Waals surface area contributed by atoms with Crippen molar-refractivity contribution in [1.29, 1.82) is 0 Å². The Morgan fingerprint density at radius 1 is 1.22 bits per heavy atom. The van der Waals surface area contributed by atoms with Gasteiger partial charge in [0.15, 0.2) is 0 Å². The van der Waals surface area contributed by atoms with Gasteiger partial charge in [-0.25, -0.2) is 9.78 Å². The molecule has 2 rings (SSSR count). The summed E-state index contributed by atoms with van der Waals surface area (Å²) in [5.41, 5.74) is 2.35. The van der Waals surface area contributed by atoms with Gasteiger partial charge in [0.05, 0.1) is 17.6 Å². The standard InChI is InChI=1S/C20H31N5O2/c1-7-25-17-9-8-15(19(26)23(4)5)12-16(17)22-18(25)13-24(6)20(27)21-11-10-14(2)3/h8-9,12,14H,7,10-11,13H2,1-6H3,(H,21,27). The fourth-order valence-electron chi connectivity index (χ4n) is 2.93. The van der Waals surface area contributed by atoms with Crippen molar-refractivity contribution in [2.45, 2.75) is 40.3 Å². The molecular weight excluding hydrogens is 342 g/mol. The summed E-state index contributed by atoms with van der Waals surface area (Å²) >= 11 is 0. The number of aryl methyl sites for hydroxylation is 1. The normalized spacial score (nSPS) is 11.1. The van der Waals surface area contributed by atoms with Crippen molar-refractivity contribution in [1.82, 2.24) is 24.7 Å². The van der Waals surface area contributed by atoms with Crippen molar-refractivity contribution in [3.05, 3.63) is 29.6 Å². The molecule has 0 saturated heterocycles. The fourth-order valence-corrected chi connectivity index (χ4v) is 2.93. The van der Waals surface area contributed by atoms with Crippen molar-refractivity contribution >= 4 is 23.0 Å². The molecule has 1 aromatic carbocycles. The van der Waals surface area contributed by atoms with Crippen molar-refractivity contribution in [2.75, 3.05) is 27.7 Å². The predicted octanol–water partition coefficient (Wildman–Crippen LogP) is 2.95. The molecule has 1 heterocycles. The van der Waals surface area contributed by atoms with Crippen LogP contribution in [-0.2, 0) is 13.1 Å². The van der Waals surface area contributed by atoms with E-state index in [2.05, 4.69) is 28.7 Å². The SMILES string of the molecule is CCn1c(CN(C)C(=O)NCCC(C)C)nc2cc(C(=O)N(C)C)ccc21. The van der Waals surface area contributed by atoms with Crippen LogP contribution in [-0.4, -0.2) is 59.0 Å². The Morgan fingerprint density at radius 3 is 2.52 bits per heavy atom. The third-order valence-corrected chi connectivity index (χ3v) is 4.52. The smallest absolute Gasteiger partial charge is 0.317 e. The summed E-state index contributed by atoms with van der Waals surface area (Å²) in [7, 11) is 5.23. The number of amides is 3. The van der Waals surface area contributed by atoms with Crippen LogP contribution in [0, 0.1) is 5.92 Å². The van der Waals surface area contributed by atoms with E-state index in [1.165, 1.54) is 0 Å². The van der Waals surface area contributed by atoms with E-state index in [1.807, 2.05) is 25.1 Å². The van der Waals surface area contributed by atoms with Gasteiger partial charge in [0, 0.05) is 39.8 Å². The van der Waals surface area contributed by atoms with Crippen LogP contribution >= 0.6 is 0 Å². The lowest BCUT2D eigenvalue weighted by atomic mass is 10.1. The van der Waals surface area contributed by atoms with Gasteiger partial charge in [-0.2, -0.15) is 0 Å². The molecule has 0 unspecified atom stereocenters. The van der Waals surface area contributed by atoms with E-state index < -0.39 is 0 Å². The maximum Gasteiger partial charge on any atom is 0.317 e. The Kier molecular flexibility index (Phi) is 6.82. The van der Waals surface area contributed by atoms with E-state index >= 15 is 0 Å². The minimum atomic E-state index is -0.103. The van der Waals surface area contributed by atoms with Gasteiger partial charge in [-0.3, -0.25) is 4.79 Å². The Balaban J connectivity index is 2.19. The zero-order chi connectivity index (χ0) is 20.1. The predicted molar refractivity (Wildman–Crippen MR) is 108 cm³/mol. The van der Waals surface area contributed by atoms with E-state index in [9.17, 15) is 9.59 Å². The Bertz CT molecular complexity index is 810. The molecule has 3 amide bonds. The molecule has 0 spiro atoms. The van der Waals surface area contributed by atoms with Crippen LogP contribution in [0.2, 0.25) is 0 Å². The Morgan fingerprint density at radius 2 is 1.93 bits per heavy atom. The lowest BCUT2D eigenvalue weighted by Crippen LogP contribution is -2.38. The van der Waals surface area contributed by atoms with Crippen LogP contribution in [0.4, 0.5) is 4.79 Å². The number of aromatic nitrogens is 2. The zero-order valence-electron chi connectivity index (χ0n) is 17.2. The molecule has 1 aromatic heterocycles. The largest absolute Gasteiger partial charge is 0.345 e. The number of nitrogens with zero attached hydrogens (tertiary/aromatic N) is 4. The van der Waals surface area contributed by atoms with Gasteiger partial charge in [0.1, 0.15) is 5.82 Å². The first-order chi connectivity index (χ1) is 12.7. The van der Waals surface area contributed by atoms with E-state index in [1.54, 1.807) is 30.9 Å². The van der Waals surface area contributed by atoms with E-state index in [-0.39, 0.29) is 11.9 Å². The number of nitrogens with one attached hydrogen (secondary N) is 1. The number of imidazole rings is 1. The zero-order valence-corrected chi connectivity index (χ0v) is 17.2. The third kappa shape index (κ3) is 4.99. The molecule has 0 aliphatic carbocycles. The number of carbonyl (C=O) groups excluding carboxylic acids is 2. The maximum absolute atomic E-state index is 12.3. The minimum absolute atomic E-state index is 0.0499. The molecule has 0 bridgehead atoms. The lowest BCUT2D eigenvalue weighted by Gasteiger charge is -2.18. The summed E-state index contributed by atoms with van der Waals surface area (Å²) in [5.74, 6) is 1.31.